The Morgan fingerprint density at radius 3 is 2.15 bits per heavy atom. The summed E-state index contributed by atoms with van der Waals surface area (Å²) in [6.45, 7) is 7.32. The van der Waals surface area contributed by atoms with Crippen LogP contribution in [0.3, 0.4) is 0 Å². The van der Waals surface area contributed by atoms with E-state index in [1.807, 2.05) is 37.3 Å². The summed E-state index contributed by atoms with van der Waals surface area (Å²) in [5.41, 5.74) is 7.36. The Morgan fingerprint density at radius 2 is 1.73 bits per heavy atom. The molecule has 0 saturated carbocycles. The average molecular weight is 363 g/mol. The molecule has 0 aliphatic carbocycles. The lowest BCUT2D eigenvalue weighted by molar-refractivity contribution is -0.137. The minimum Gasteiger partial charge on any atom is -0.368 e. The molecule has 0 fully saturated rings. The first kappa shape index (κ1) is 21.6. The maximum Gasteiger partial charge on any atom is 0.244 e. The lowest BCUT2D eigenvalue weighted by Gasteiger charge is -2.32. The van der Waals surface area contributed by atoms with Gasteiger partial charge in [0.15, 0.2) is 0 Å². The van der Waals surface area contributed by atoms with E-state index in [1.165, 1.54) is 0 Å². The number of amides is 3. The van der Waals surface area contributed by atoms with E-state index in [0.717, 1.165) is 5.56 Å². The van der Waals surface area contributed by atoms with Gasteiger partial charge in [0.05, 0.1) is 5.92 Å². The maximum atomic E-state index is 12.9. The third kappa shape index (κ3) is 5.84. The second-order valence-corrected chi connectivity index (χ2v) is 7.48. The van der Waals surface area contributed by atoms with E-state index in [2.05, 4.69) is 5.32 Å². The van der Waals surface area contributed by atoms with Crippen LogP contribution in [0.2, 0.25) is 0 Å². The van der Waals surface area contributed by atoms with Crippen molar-refractivity contribution >= 4 is 17.7 Å². The summed E-state index contributed by atoms with van der Waals surface area (Å²) in [7, 11) is 0. The molecule has 7 heteroatoms. The Bertz CT molecular complexity index is 625. The summed E-state index contributed by atoms with van der Waals surface area (Å²) >= 11 is 0. The molecule has 3 amide bonds. The van der Waals surface area contributed by atoms with E-state index >= 15 is 0 Å². The van der Waals surface area contributed by atoms with Gasteiger partial charge in [-0.3, -0.25) is 19.6 Å². The number of carbonyl (C=O) groups excluding carboxylic acids is 3. The van der Waals surface area contributed by atoms with Crippen molar-refractivity contribution in [3.05, 3.63) is 35.9 Å². The summed E-state index contributed by atoms with van der Waals surface area (Å²) in [6, 6.07) is 8.50. The summed E-state index contributed by atoms with van der Waals surface area (Å²) < 4.78 is 0. The molecule has 0 aromatic heterocycles. The van der Waals surface area contributed by atoms with E-state index < -0.39 is 35.1 Å². The Labute approximate surface area is 154 Å². The quantitative estimate of drug-likeness (QED) is 0.415. The molecule has 1 aromatic rings. The SMILES string of the molecule is CC[C@@H](c1ccccc1)C(CC(=O)NO)C(=O)NC(C(N)=O)C(C)(C)C. The Balaban J connectivity index is 3.17. The fraction of sp³-hybridized carbons (Fsp3) is 0.526. The molecular formula is C19H29N3O4. The van der Waals surface area contributed by atoms with Gasteiger partial charge < -0.3 is 11.1 Å². The second kappa shape index (κ2) is 9.33. The van der Waals surface area contributed by atoms with Crippen LogP contribution < -0.4 is 16.5 Å². The van der Waals surface area contributed by atoms with Crippen LogP contribution in [-0.4, -0.2) is 29.0 Å². The summed E-state index contributed by atoms with van der Waals surface area (Å²) in [4.78, 5) is 36.5. The first-order chi connectivity index (χ1) is 12.1. The Hall–Kier alpha value is -2.41. The second-order valence-electron chi connectivity index (χ2n) is 7.48. The lowest BCUT2D eigenvalue weighted by Crippen LogP contribution is -2.54. The first-order valence-corrected chi connectivity index (χ1v) is 8.69. The topological polar surface area (TPSA) is 122 Å². The number of primary amides is 1. The van der Waals surface area contributed by atoms with Gasteiger partial charge >= 0.3 is 0 Å². The monoisotopic (exact) mass is 363 g/mol. The highest BCUT2D eigenvalue weighted by molar-refractivity contribution is 5.90. The van der Waals surface area contributed by atoms with Crippen LogP contribution in [0.25, 0.3) is 0 Å². The van der Waals surface area contributed by atoms with Crippen LogP contribution >= 0.6 is 0 Å². The fourth-order valence-corrected chi connectivity index (χ4v) is 3.08. The van der Waals surface area contributed by atoms with Gasteiger partial charge in [0.2, 0.25) is 17.7 Å². The summed E-state index contributed by atoms with van der Waals surface area (Å²) in [5, 5.41) is 11.6. The van der Waals surface area contributed by atoms with Gasteiger partial charge in [-0.2, -0.15) is 0 Å². The molecule has 2 unspecified atom stereocenters. The van der Waals surface area contributed by atoms with Gasteiger partial charge in [-0.05, 0) is 23.3 Å². The highest BCUT2D eigenvalue weighted by atomic mass is 16.5. The van der Waals surface area contributed by atoms with Crippen LogP contribution in [0.15, 0.2) is 30.3 Å². The molecule has 0 saturated heterocycles. The van der Waals surface area contributed by atoms with Gasteiger partial charge in [-0.1, -0.05) is 58.0 Å². The van der Waals surface area contributed by atoms with Gasteiger partial charge in [-0.15, -0.1) is 0 Å². The normalized spacial score (nSPS) is 14.8. The van der Waals surface area contributed by atoms with Gasteiger partial charge in [0.1, 0.15) is 6.04 Å². The van der Waals surface area contributed by atoms with Gasteiger partial charge in [0.25, 0.3) is 0 Å². The van der Waals surface area contributed by atoms with E-state index in [9.17, 15) is 14.4 Å². The molecule has 5 N–H and O–H groups in total. The molecule has 0 bridgehead atoms. The standard InChI is InChI=1S/C19H29N3O4/c1-5-13(12-9-7-6-8-10-12)14(11-15(23)22-26)18(25)21-16(17(20)24)19(2,3)4/h6-10,13-14,16,26H,5,11H2,1-4H3,(H2,20,24)(H,21,25)(H,22,23)/t13-,14?,16?/m0/s1. The zero-order valence-electron chi connectivity index (χ0n) is 15.8. The Kier molecular flexibility index (Phi) is 7.76. The van der Waals surface area contributed by atoms with Crippen molar-refractivity contribution in [2.75, 3.05) is 0 Å². The minimum absolute atomic E-state index is 0.203. The fourth-order valence-electron chi connectivity index (χ4n) is 3.08. The zero-order valence-corrected chi connectivity index (χ0v) is 15.8. The van der Waals surface area contributed by atoms with Crippen molar-refractivity contribution in [3.8, 4) is 0 Å². The van der Waals surface area contributed by atoms with Crippen LogP contribution in [0.4, 0.5) is 0 Å². The van der Waals surface area contributed by atoms with Gasteiger partial charge in [0, 0.05) is 6.42 Å². The molecule has 0 aliphatic rings. The molecule has 0 aliphatic heterocycles. The first-order valence-electron chi connectivity index (χ1n) is 8.69. The highest BCUT2D eigenvalue weighted by Gasteiger charge is 2.36. The largest absolute Gasteiger partial charge is 0.368 e. The molecule has 0 spiro atoms. The van der Waals surface area contributed by atoms with Crippen LogP contribution in [-0.2, 0) is 14.4 Å². The van der Waals surface area contributed by atoms with E-state index in [-0.39, 0.29) is 12.3 Å². The summed E-state index contributed by atoms with van der Waals surface area (Å²) in [6.07, 6.45) is 0.406. The number of rotatable bonds is 8. The number of nitrogens with one attached hydrogen (secondary N) is 2. The van der Waals surface area contributed by atoms with E-state index in [4.69, 9.17) is 10.9 Å². The third-order valence-corrected chi connectivity index (χ3v) is 4.46. The smallest absolute Gasteiger partial charge is 0.244 e. The number of hydrogen-bond donors (Lipinski definition) is 4. The molecule has 0 radical (unpaired) electrons. The molecule has 1 rings (SSSR count). The number of hydroxylamine groups is 1. The lowest BCUT2D eigenvalue weighted by atomic mass is 9.80. The molecule has 0 heterocycles. The van der Waals surface area contributed by atoms with Crippen molar-refractivity contribution in [3.63, 3.8) is 0 Å². The van der Waals surface area contributed by atoms with Crippen molar-refractivity contribution in [1.82, 2.24) is 10.8 Å². The average Bonchev–Trinajstić information content (AvgIpc) is 2.58. The highest BCUT2D eigenvalue weighted by Crippen LogP contribution is 2.31. The molecule has 7 nitrogen and oxygen atoms in total. The number of nitrogens with two attached hydrogens (primary N) is 1. The molecule has 1 aromatic carbocycles. The third-order valence-electron chi connectivity index (χ3n) is 4.46. The van der Waals surface area contributed by atoms with Crippen molar-refractivity contribution in [2.45, 2.75) is 52.5 Å². The van der Waals surface area contributed by atoms with E-state index in [0.29, 0.717) is 6.42 Å². The van der Waals surface area contributed by atoms with Crippen LogP contribution in [0, 0.1) is 11.3 Å². The summed E-state index contributed by atoms with van der Waals surface area (Å²) in [5.74, 6) is -2.74. The maximum absolute atomic E-state index is 12.9. The minimum atomic E-state index is -0.872. The molecule has 144 valence electrons. The molecule has 3 atom stereocenters. The van der Waals surface area contributed by atoms with E-state index in [1.54, 1.807) is 26.3 Å². The Morgan fingerprint density at radius 1 is 1.15 bits per heavy atom. The number of benzene rings is 1. The van der Waals surface area contributed by atoms with Crippen LogP contribution in [0.1, 0.15) is 52.0 Å². The number of hydrogen-bond acceptors (Lipinski definition) is 4. The molecule has 26 heavy (non-hydrogen) atoms. The zero-order chi connectivity index (χ0) is 19.9. The molecular weight excluding hydrogens is 334 g/mol. The van der Waals surface area contributed by atoms with Crippen molar-refractivity contribution in [2.24, 2.45) is 17.1 Å². The predicted molar refractivity (Wildman–Crippen MR) is 98.1 cm³/mol. The van der Waals surface area contributed by atoms with Gasteiger partial charge in [-0.25, -0.2) is 5.48 Å². The van der Waals surface area contributed by atoms with Crippen molar-refractivity contribution < 1.29 is 19.6 Å². The number of carbonyl (C=O) groups is 3. The van der Waals surface area contributed by atoms with Crippen LogP contribution in [0.5, 0.6) is 0 Å². The predicted octanol–water partition coefficient (Wildman–Crippen LogP) is 1.71. The van der Waals surface area contributed by atoms with Crippen molar-refractivity contribution in [1.29, 1.82) is 0 Å².